The summed E-state index contributed by atoms with van der Waals surface area (Å²) in [5.74, 6) is 0. The predicted molar refractivity (Wildman–Crippen MR) is 44.9 cm³/mol. The molecule has 0 aliphatic rings. The molecule has 0 aliphatic heterocycles. The SMILES string of the molecule is CS(=O)(=O)c1nc(Cl)ncc1C#N. The molecule has 68 valence electrons. The summed E-state index contributed by atoms with van der Waals surface area (Å²) in [6.45, 7) is 0. The molecule has 1 heterocycles. The Labute approximate surface area is 79.9 Å². The number of nitriles is 1. The van der Waals surface area contributed by atoms with Crippen LogP contribution in [0.15, 0.2) is 11.2 Å². The van der Waals surface area contributed by atoms with E-state index in [1.165, 1.54) is 0 Å². The molecular weight excluding hydrogens is 214 g/mol. The van der Waals surface area contributed by atoms with Crippen LogP contribution in [0.3, 0.4) is 0 Å². The van der Waals surface area contributed by atoms with Crippen LogP contribution in [0.1, 0.15) is 5.56 Å². The molecule has 0 radical (unpaired) electrons. The maximum absolute atomic E-state index is 11.1. The van der Waals surface area contributed by atoms with Crippen molar-refractivity contribution in [1.82, 2.24) is 9.97 Å². The highest BCUT2D eigenvalue weighted by molar-refractivity contribution is 7.90. The molecule has 0 atom stereocenters. The second-order valence-corrected chi connectivity index (χ2v) is 4.51. The molecule has 0 fully saturated rings. The molecule has 0 aliphatic carbocycles. The molecule has 0 bridgehead atoms. The van der Waals surface area contributed by atoms with E-state index in [1.54, 1.807) is 6.07 Å². The van der Waals surface area contributed by atoms with Gasteiger partial charge in [-0.05, 0) is 11.6 Å². The fourth-order valence-electron chi connectivity index (χ4n) is 0.705. The van der Waals surface area contributed by atoms with Gasteiger partial charge >= 0.3 is 0 Å². The van der Waals surface area contributed by atoms with Crippen molar-refractivity contribution in [2.75, 3.05) is 6.26 Å². The van der Waals surface area contributed by atoms with Gasteiger partial charge in [0.05, 0.1) is 6.20 Å². The van der Waals surface area contributed by atoms with Crippen LogP contribution in [0.25, 0.3) is 0 Å². The van der Waals surface area contributed by atoms with Gasteiger partial charge in [0.1, 0.15) is 11.6 Å². The van der Waals surface area contributed by atoms with E-state index in [4.69, 9.17) is 16.9 Å². The lowest BCUT2D eigenvalue weighted by Gasteiger charge is -1.98. The molecule has 0 aromatic carbocycles. The van der Waals surface area contributed by atoms with Crippen LogP contribution in [0, 0.1) is 11.3 Å². The highest BCUT2D eigenvalue weighted by atomic mass is 35.5. The van der Waals surface area contributed by atoms with Gasteiger partial charge in [-0.1, -0.05) is 0 Å². The van der Waals surface area contributed by atoms with Crippen molar-refractivity contribution in [1.29, 1.82) is 5.26 Å². The van der Waals surface area contributed by atoms with Gasteiger partial charge in [-0.15, -0.1) is 0 Å². The summed E-state index contributed by atoms with van der Waals surface area (Å²) in [7, 11) is -3.53. The van der Waals surface area contributed by atoms with E-state index in [-0.39, 0.29) is 15.9 Å². The van der Waals surface area contributed by atoms with Crippen molar-refractivity contribution in [3.63, 3.8) is 0 Å². The van der Waals surface area contributed by atoms with Gasteiger partial charge in [0.15, 0.2) is 14.9 Å². The van der Waals surface area contributed by atoms with Gasteiger partial charge in [-0.25, -0.2) is 18.4 Å². The highest BCUT2D eigenvalue weighted by Gasteiger charge is 2.16. The van der Waals surface area contributed by atoms with E-state index >= 15 is 0 Å². The quantitative estimate of drug-likeness (QED) is 0.502. The molecular formula is C6H4ClN3O2S. The van der Waals surface area contributed by atoms with Gasteiger partial charge in [0.25, 0.3) is 0 Å². The van der Waals surface area contributed by atoms with E-state index in [9.17, 15) is 8.42 Å². The summed E-state index contributed by atoms with van der Waals surface area (Å²) in [6.07, 6.45) is 2.03. The Bertz CT molecular complexity index is 477. The molecule has 5 nitrogen and oxygen atoms in total. The van der Waals surface area contributed by atoms with Gasteiger partial charge < -0.3 is 0 Å². The smallest absolute Gasteiger partial charge is 0.223 e. The van der Waals surface area contributed by atoms with Crippen LogP contribution in [0.4, 0.5) is 0 Å². The van der Waals surface area contributed by atoms with E-state index in [0.29, 0.717) is 0 Å². The Kier molecular flexibility index (Phi) is 2.50. The van der Waals surface area contributed by atoms with Gasteiger partial charge in [-0.3, -0.25) is 0 Å². The molecule has 13 heavy (non-hydrogen) atoms. The average molecular weight is 218 g/mol. The van der Waals surface area contributed by atoms with Gasteiger partial charge in [0, 0.05) is 6.26 Å². The standard InChI is InChI=1S/C6H4ClN3O2S/c1-13(11,12)5-4(2-8)3-9-6(7)10-5/h3H,1H3. The number of hydrogen-bond donors (Lipinski definition) is 0. The summed E-state index contributed by atoms with van der Waals surface area (Å²) < 4.78 is 22.1. The first-order valence-corrected chi connectivity index (χ1v) is 5.35. The average Bonchev–Trinajstić information content (AvgIpc) is 2.03. The molecule has 0 amide bonds. The minimum absolute atomic E-state index is 0.105. The van der Waals surface area contributed by atoms with E-state index in [0.717, 1.165) is 12.5 Å². The predicted octanol–water partition coefficient (Wildman–Crippen LogP) is 0.405. The van der Waals surface area contributed by atoms with E-state index in [2.05, 4.69) is 9.97 Å². The lowest BCUT2D eigenvalue weighted by atomic mass is 10.4. The monoisotopic (exact) mass is 217 g/mol. The Morgan fingerprint density at radius 2 is 2.23 bits per heavy atom. The maximum Gasteiger partial charge on any atom is 0.223 e. The minimum atomic E-state index is -3.53. The van der Waals surface area contributed by atoms with Crippen molar-refractivity contribution in [3.8, 4) is 6.07 Å². The molecule has 0 saturated heterocycles. The van der Waals surface area contributed by atoms with Crippen LogP contribution in [0.5, 0.6) is 0 Å². The third-order valence-corrected chi connectivity index (χ3v) is 2.39. The van der Waals surface area contributed by atoms with Crippen molar-refractivity contribution >= 4 is 21.4 Å². The summed E-state index contributed by atoms with van der Waals surface area (Å²) >= 11 is 5.38. The summed E-state index contributed by atoms with van der Waals surface area (Å²) in [5.41, 5.74) is -0.105. The van der Waals surface area contributed by atoms with Crippen molar-refractivity contribution in [2.45, 2.75) is 5.03 Å². The molecule has 0 saturated carbocycles. The topological polar surface area (TPSA) is 83.7 Å². The third-order valence-electron chi connectivity index (χ3n) is 1.20. The van der Waals surface area contributed by atoms with Crippen LogP contribution in [-0.4, -0.2) is 24.6 Å². The fraction of sp³-hybridized carbons (Fsp3) is 0.167. The number of halogens is 1. The van der Waals surface area contributed by atoms with Gasteiger partial charge in [-0.2, -0.15) is 5.26 Å². The number of nitrogens with zero attached hydrogens (tertiary/aromatic N) is 3. The van der Waals surface area contributed by atoms with Crippen molar-refractivity contribution < 1.29 is 8.42 Å². The summed E-state index contributed by atoms with van der Waals surface area (Å²) in [4.78, 5) is 6.95. The molecule has 1 aromatic rings. The lowest BCUT2D eigenvalue weighted by molar-refractivity contribution is 0.597. The Balaban J connectivity index is 3.53. The third kappa shape index (κ3) is 2.14. The van der Waals surface area contributed by atoms with E-state index in [1.807, 2.05) is 0 Å². The van der Waals surface area contributed by atoms with Crippen LogP contribution in [0.2, 0.25) is 5.28 Å². The maximum atomic E-state index is 11.1. The fourth-order valence-corrected chi connectivity index (χ4v) is 1.64. The second kappa shape index (κ2) is 3.28. The molecule has 7 heteroatoms. The first kappa shape index (κ1) is 9.89. The van der Waals surface area contributed by atoms with Crippen molar-refractivity contribution in [2.24, 2.45) is 0 Å². The van der Waals surface area contributed by atoms with E-state index < -0.39 is 9.84 Å². The lowest BCUT2D eigenvalue weighted by Crippen LogP contribution is -2.04. The molecule has 0 spiro atoms. The van der Waals surface area contributed by atoms with Crippen molar-refractivity contribution in [3.05, 3.63) is 17.0 Å². The molecule has 0 N–H and O–H groups in total. The largest absolute Gasteiger partial charge is 0.225 e. The first-order valence-electron chi connectivity index (χ1n) is 3.08. The number of hydrogen-bond acceptors (Lipinski definition) is 5. The zero-order valence-corrected chi connectivity index (χ0v) is 8.09. The molecule has 1 rings (SSSR count). The zero-order valence-electron chi connectivity index (χ0n) is 6.52. The van der Waals surface area contributed by atoms with Gasteiger partial charge in [0.2, 0.25) is 5.28 Å². The normalized spacial score (nSPS) is 10.8. The second-order valence-electron chi connectivity index (χ2n) is 2.24. The Morgan fingerprint density at radius 3 is 2.69 bits per heavy atom. The molecule has 1 aromatic heterocycles. The number of rotatable bonds is 1. The Morgan fingerprint density at radius 1 is 1.62 bits per heavy atom. The Hall–Kier alpha value is -1.19. The summed E-state index contributed by atoms with van der Waals surface area (Å²) in [5, 5.41) is 8.00. The molecule has 0 unspecified atom stereocenters. The van der Waals surface area contributed by atoms with Crippen LogP contribution < -0.4 is 0 Å². The number of aromatic nitrogens is 2. The van der Waals surface area contributed by atoms with Crippen LogP contribution in [-0.2, 0) is 9.84 Å². The first-order chi connectivity index (χ1) is 5.95. The highest BCUT2D eigenvalue weighted by Crippen LogP contribution is 2.12. The summed E-state index contributed by atoms with van der Waals surface area (Å²) in [6, 6.07) is 1.67. The minimum Gasteiger partial charge on any atom is -0.225 e. The van der Waals surface area contributed by atoms with Crippen LogP contribution >= 0.6 is 11.6 Å². The zero-order chi connectivity index (χ0) is 10.1. The number of sulfone groups is 1.